The third kappa shape index (κ3) is 8.22. The van der Waals surface area contributed by atoms with Crippen molar-refractivity contribution in [3.05, 3.63) is 101 Å². The van der Waals surface area contributed by atoms with E-state index < -0.39 is 6.04 Å². The summed E-state index contributed by atoms with van der Waals surface area (Å²) in [6, 6.07) is 26.1. The Kier molecular flexibility index (Phi) is 9.84. The van der Waals surface area contributed by atoms with Crippen LogP contribution in [0.25, 0.3) is 0 Å². The molecule has 37 heavy (non-hydrogen) atoms. The Morgan fingerprint density at radius 2 is 1.46 bits per heavy atom. The third-order valence-corrected chi connectivity index (χ3v) is 8.08. The van der Waals surface area contributed by atoms with Gasteiger partial charge in [-0.25, -0.2) is 0 Å². The number of nitrogens with one attached hydrogen (secondary N) is 1. The molecule has 2 amide bonds. The summed E-state index contributed by atoms with van der Waals surface area (Å²) in [4.78, 5) is 30.5. The molecule has 3 aromatic rings. The highest BCUT2D eigenvalue weighted by atomic mass is 32.2. The molecule has 4 rings (SSSR count). The van der Waals surface area contributed by atoms with E-state index in [1.165, 1.54) is 29.3 Å². The molecule has 0 aromatic heterocycles. The molecule has 0 bridgehead atoms. The predicted octanol–water partition coefficient (Wildman–Crippen LogP) is 6.48. The molecule has 0 unspecified atom stereocenters. The van der Waals surface area contributed by atoms with Crippen molar-refractivity contribution in [3.8, 4) is 0 Å². The van der Waals surface area contributed by atoms with Crippen molar-refractivity contribution in [2.45, 2.75) is 75.9 Å². The number of amides is 2. The monoisotopic (exact) mass is 514 g/mol. The Labute approximate surface area is 225 Å². The highest BCUT2D eigenvalue weighted by Gasteiger charge is 2.31. The van der Waals surface area contributed by atoms with Crippen molar-refractivity contribution in [3.63, 3.8) is 0 Å². The van der Waals surface area contributed by atoms with Crippen LogP contribution in [0.3, 0.4) is 0 Å². The summed E-state index contributed by atoms with van der Waals surface area (Å²) >= 11 is 1.53. The van der Waals surface area contributed by atoms with E-state index in [0.717, 1.165) is 41.7 Å². The van der Waals surface area contributed by atoms with Crippen LogP contribution in [0.5, 0.6) is 0 Å². The quantitative estimate of drug-likeness (QED) is 0.315. The van der Waals surface area contributed by atoms with Crippen molar-refractivity contribution < 1.29 is 9.59 Å². The molecule has 0 aliphatic heterocycles. The highest BCUT2D eigenvalue weighted by Crippen LogP contribution is 2.23. The first-order valence-electron chi connectivity index (χ1n) is 13.4. The third-order valence-electron chi connectivity index (χ3n) is 7.08. The van der Waals surface area contributed by atoms with Crippen LogP contribution in [0.15, 0.2) is 83.8 Å². The number of hydrogen-bond acceptors (Lipinski definition) is 3. The Morgan fingerprint density at radius 3 is 2.11 bits per heavy atom. The lowest BCUT2D eigenvalue weighted by atomic mass is 9.94. The van der Waals surface area contributed by atoms with Gasteiger partial charge in [0.1, 0.15) is 6.04 Å². The summed E-state index contributed by atoms with van der Waals surface area (Å²) in [5, 5.41) is 3.31. The highest BCUT2D eigenvalue weighted by molar-refractivity contribution is 8.00. The Hall–Kier alpha value is -3.05. The molecule has 194 valence electrons. The van der Waals surface area contributed by atoms with E-state index in [2.05, 4.69) is 67.7 Å². The standard InChI is InChI=1S/C32H38N2O2S/c1-24-13-17-27(18-14-24)22-34(31(35)23-37-29-19-15-25(2)16-20-29)30(21-26-9-5-3-6-10-26)32(36)33-28-11-7-4-8-12-28/h3,5-6,9-10,13-20,28,30H,4,7-8,11-12,21-23H2,1-2H3,(H,33,36)/t30-/m0/s1. The van der Waals surface area contributed by atoms with E-state index in [-0.39, 0.29) is 23.6 Å². The molecule has 1 aliphatic carbocycles. The largest absolute Gasteiger partial charge is 0.352 e. The fraction of sp³-hybridized carbons (Fsp3) is 0.375. The first kappa shape index (κ1) is 27.0. The number of hydrogen-bond donors (Lipinski definition) is 1. The Morgan fingerprint density at radius 1 is 0.838 bits per heavy atom. The van der Waals surface area contributed by atoms with Gasteiger partial charge in [0.2, 0.25) is 11.8 Å². The second kappa shape index (κ2) is 13.5. The molecule has 1 N–H and O–H groups in total. The van der Waals surface area contributed by atoms with Crippen molar-refractivity contribution in [1.29, 1.82) is 0 Å². The van der Waals surface area contributed by atoms with Crippen LogP contribution < -0.4 is 5.32 Å². The van der Waals surface area contributed by atoms with Crippen LogP contribution in [-0.4, -0.2) is 34.6 Å². The predicted molar refractivity (Wildman–Crippen MR) is 153 cm³/mol. The summed E-state index contributed by atoms with van der Waals surface area (Å²) in [6.07, 6.45) is 6.04. The van der Waals surface area contributed by atoms with Gasteiger partial charge in [-0.15, -0.1) is 11.8 Å². The number of carbonyl (C=O) groups is 2. The van der Waals surface area contributed by atoms with E-state index in [1.54, 1.807) is 4.90 Å². The van der Waals surface area contributed by atoms with E-state index in [0.29, 0.717) is 13.0 Å². The number of rotatable bonds is 10. The summed E-state index contributed by atoms with van der Waals surface area (Å²) < 4.78 is 0. The number of nitrogens with zero attached hydrogens (tertiary/aromatic N) is 1. The van der Waals surface area contributed by atoms with Gasteiger partial charge in [-0.05, 0) is 49.9 Å². The van der Waals surface area contributed by atoms with Gasteiger partial charge < -0.3 is 10.2 Å². The van der Waals surface area contributed by atoms with E-state index in [9.17, 15) is 9.59 Å². The van der Waals surface area contributed by atoms with Gasteiger partial charge in [0, 0.05) is 23.9 Å². The minimum atomic E-state index is -0.572. The fourth-order valence-corrected chi connectivity index (χ4v) is 5.64. The maximum Gasteiger partial charge on any atom is 0.243 e. The first-order valence-corrected chi connectivity index (χ1v) is 14.4. The zero-order chi connectivity index (χ0) is 26.0. The molecule has 3 aromatic carbocycles. The summed E-state index contributed by atoms with van der Waals surface area (Å²) in [6.45, 7) is 4.52. The molecule has 0 saturated heterocycles. The second-order valence-corrected chi connectivity index (χ2v) is 11.2. The van der Waals surface area contributed by atoms with Crippen molar-refractivity contribution in [2.75, 3.05) is 5.75 Å². The van der Waals surface area contributed by atoms with Gasteiger partial charge in [-0.3, -0.25) is 9.59 Å². The lowest BCUT2D eigenvalue weighted by molar-refractivity contribution is -0.139. The molecule has 1 saturated carbocycles. The van der Waals surface area contributed by atoms with Crippen LogP contribution in [0, 0.1) is 13.8 Å². The topological polar surface area (TPSA) is 49.4 Å². The molecule has 4 nitrogen and oxygen atoms in total. The molecule has 0 radical (unpaired) electrons. The zero-order valence-electron chi connectivity index (χ0n) is 22.0. The molecule has 5 heteroatoms. The van der Waals surface area contributed by atoms with Crippen LogP contribution >= 0.6 is 11.8 Å². The van der Waals surface area contributed by atoms with Gasteiger partial charge in [-0.1, -0.05) is 97.1 Å². The van der Waals surface area contributed by atoms with Crippen LogP contribution in [0.1, 0.15) is 54.4 Å². The van der Waals surface area contributed by atoms with Gasteiger partial charge in [0.25, 0.3) is 0 Å². The van der Waals surface area contributed by atoms with E-state index in [4.69, 9.17) is 0 Å². The average Bonchev–Trinajstić information content (AvgIpc) is 2.92. The molecule has 0 heterocycles. The number of thioether (sulfide) groups is 1. The van der Waals surface area contributed by atoms with Gasteiger partial charge >= 0.3 is 0 Å². The SMILES string of the molecule is Cc1ccc(CN(C(=O)CSc2ccc(C)cc2)[C@@H](Cc2ccccc2)C(=O)NC2CCCCC2)cc1. The summed E-state index contributed by atoms with van der Waals surface area (Å²) in [7, 11) is 0. The van der Waals surface area contributed by atoms with Crippen molar-refractivity contribution in [2.24, 2.45) is 0 Å². The van der Waals surface area contributed by atoms with Crippen LogP contribution in [-0.2, 0) is 22.6 Å². The van der Waals surface area contributed by atoms with E-state index >= 15 is 0 Å². The zero-order valence-corrected chi connectivity index (χ0v) is 22.8. The molecule has 1 fully saturated rings. The first-order chi connectivity index (χ1) is 18.0. The molecular weight excluding hydrogens is 476 g/mol. The fourth-order valence-electron chi connectivity index (χ4n) is 4.85. The maximum atomic E-state index is 13.8. The minimum Gasteiger partial charge on any atom is -0.352 e. The van der Waals surface area contributed by atoms with E-state index in [1.807, 2.05) is 30.3 Å². The average molecular weight is 515 g/mol. The second-order valence-electron chi connectivity index (χ2n) is 10.2. The molecular formula is C32H38N2O2S. The van der Waals surface area contributed by atoms with Crippen molar-refractivity contribution in [1.82, 2.24) is 10.2 Å². The normalized spacial score (nSPS) is 14.6. The number of aryl methyl sites for hydroxylation is 2. The Balaban J connectivity index is 1.59. The van der Waals surface area contributed by atoms with Gasteiger partial charge in [0.15, 0.2) is 0 Å². The summed E-state index contributed by atoms with van der Waals surface area (Å²) in [5.74, 6) is 0.221. The number of benzene rings is 3. The number of carbonyl (C=O) groups excluding carboxylic acids is 2. The van der Waals surface area contributed by atoms with Gasteiger partial charge in [0.05, 0.1) is 5.75 Å². The summed E-state index contributed by atoms with van der Waals surface area (Å²) in [5.41, 5.74) is 4.45. The smallest absolute Gasteiger partial charge is 0.243 e. The van der Waals surface area contributed by atoms with Crippen LogP contribution in [0.2, 0.25) is 0 Å². The lowest BCUT2D eigenvalue weighted by Crippen LogP contribution is -2.53. The van der Waals surface area contributed by atoms with Crippen LogP contribution in [0.4, 0.5) is 0 Å². The molecule has 1 atom stereocenters. The minimum absolute atomic E-state index is 0.0223. The Bertz CT molecular complexity index is 1140. The maximum absolute atomic E-state index is 13.8. The molecule has 1 aliphatic rings. The lowest BCUT2D eigenvalue weighted by Gasteiger charge is -2.33. The molecule has 0 spiro atoms. The van der Waals surface area contributed by atoms with Crippen molar-refractivity contribution >= 4 is 23.6 Å². The van der Waals surface area contributed by atoms with Gasteiger partial charge in [-0.2, -0.15) is 0 Å².